The largest absolute Gasteiger partial charge is 0.360 e. The van der Waals surface area contributed by atoms with Gasteiger partial charge in [0.05, 0.1) is 0 Å². The minimum Gasteiger partial charge on any atom is -0.360 e. The van der Waals surface area contributed by atoms with Gasteiger partial charge in [-0.25, -0.2) is 0 Å². The second-order valence-corrected chi connectivity index (χ2v) is 5.26. The number of aromatic amines is 1. The highest BCUT2D eigenvalue weighted by Gasteiger charge is 2.14. The van der Waals surface area contributed by atoms with Crippen molar-refractivity contribution in [2.75, 3.05) is 0 Å². The highest BCUT2D eigenvalue weighted by molar-refractivity contribution is 5.98. The summed E-state index contributed by atoms with van der Waals surface area (Å²) in [5, 5.41) is 3.30. The van der Waals surface area contributed by atoms with Crippen LogP contribution in [0.4, 0.5) is 0 Å². The van der Waals surface area contributed by atoms with E-state index in [1.807, 2.05) is 30.4 Å². The summed E-state index contributed by atoms with van der Waals surface area (Å²) in [6.45, 7) is 2.11. The molecule has 4 heteroatoms. The molecule has 0 fully saturated rings. The van der Waals surface area contributed by atoms with Crippen LogP contribution in [0.15, 0.2) is 59.2 Å². The Labute approximate surface area is 122 Å². The van der Waals surface area contributed by atoms with Crippen LogP contribution in [0, 0.1) is 5.92 Å². The number of rotatable bonds is 2. The van der Waals surface area contributed by atoms with Crippen molar-refractivity contribution in [2.45, 2.75) is 13.3 Å². The van der Waals surface area contributed by atoms with Gasteiger partial charge >= 0.3 is 0 Å². The van der Waals surface area contributed by atoms with Crippen LogP contribution in [0.2, 0.25) is 0 Å². The van der Waals surface area contributed by atoms with Crippen molar-refractivity contribution in [2.24, 2.45) is 5.92 Å². The fourth-order valence-electron chi connectivity index (χ4n) is 2.35. The number of aromatic nitrogens is 1. The molecule has 1 aromatic carbocycles. The summed E-state index contributed by atoms with van der Waals surface area (Å²) in [7, 11) is 0. The van der Waals surface area contributed by atoms with Crippen LogP contribution >= 0.6 is 0 Å². The first-order chi connectivity index (χ1) is 10.1. The van der Waals surface area contributed by atoms with E-state index in [4.69, 9.17) is 0 Å². The van der Waals surface area contributed by atoms with Gasteiger partial charge in [-0.2, -0.15) is 0 Å². The molecule has 1 aromatic heterocycles. The van der Waals surface area contributed by atoms with Crippen LogP contribution in [-0.4, -0.2) is 10.9 Å². The van der Waals surface area contributed by atoms with Crippen LogP contribution in [0.25, 0.3) is 10.9 Å². The highest BCUT2D eigenvalue weighted by atomic mass is 16.2. The molecule has 1 amide bonds. The summed E-state index contributed by atoms with van der Waals surface area (Å²) in [6, 6.07) is 7.16. The Hall–Kier alpha value is -2.62. The number of nitrogens with one attached hydrogen (secondary N) is 2. The van der Waals surface area contributed by atoms with Crippen LogP contribution < -0.4 is 10.7 Å². The first-order valence-electron chi connectivity index (χ1n) is 6.95. The van der Waals surface area contributed by atoms with Crippen LogP contribution in [-0.2, 0) is 0 Å². The molecule has 1 aliphatic carbocycles. The van der Waals surface area contributed by atoms with E-state index in [9.17, 15) is 9.59 Å². The Kier molecular flexibility index (Phi) is 3.44. The summed E-state index contributed by atoms with van der Waals surface area (Å²) < 4.78 is 0. The molecule has 1 unspecified atom stereocenters. The third-order valence-electron chi connectivity index (χ3n) is 3.60. The molecule has 2 aromatic rings. The number of fused-ring (bicyclic) bond motifs is 1. The molecule has 2 N–H and O–H groups in total. The third kappa shape index (κ3) is 2.65. The summed E-state index contributed by atoms with van der Waals surface area (Å²) in [4.78, 5) is 27.6. The van der Waals surface area contributed by atoms with E-state index in [0.29, 0.717) is 11.3 Å². The monoisotopic (exact) mass is 280 g/mol. The predicted octanol–water partition coefficient (Wildman–Crippen LogP) is 2.74. The molecule has 0 saturated carbocycles. The van der Waals surface area contributed by atoms with E-state index in [-0.39, 0.29) is 16.9 Å². The van der Waals surface area contributed by atoms with Gasteiger partial charge in [0.1, 0.15) is 5.56 Å². The van der Waals surface area contributed by atoms with Crippen molar-refractivity contribution in [1.29, 1.82) is 0 Å². The van der Waals surface area contributed by atoms with Gasteiger partial charge in [0.25, 0.3) is 5.91 Å². The highest BCUT2D eigenvalue weighted by Crippen LogP contribution is 2.14. The van der Waals surface area contributed by atoms with Crippen LogP contribution in [0.1, 0.15) is 23.7 Å². The van der Waals surface area contributed by atoms with Gasteiger partial charge in [-0.1, -0.05) is 31.2 Å². The second-order valence-electron chi connectivity index (χ2n) is 5.26. The fraction of sp³-hybridized carbons (Fsp3) is 0.176. The fourth-order valence-corrected chi connectivity index (χ4v) is 2.35. The van der Waals surface area contributed by atoms with E-state index in [2.05, 4.69) is 17.2 Å². The summed E-state index contributed by atoms with van der Waals surface area (Å²) >= 11 is 0. The number of hydrogen-bond donors (Lipinski definition) is 2. The van der Waals surface area contributed by atoms with Gasteiger partial charge in [0.2, 0.25) is 5.43 Å². The van der Waals surface area contributed by atoms with E-state index < -0.39 is 0 Å². The average Bonchev–Trinajstić information content (AvgIpc) is 2.50. The van der Waals surface area contributed by atoms with E-state index in [1.54, 1.807) is 12.1 Å². The number of amides is 1. The Morgan fingerprint density at radius 2 is 2.14 bits per heavy atom. The molecule has 1 atom stereocenters. The molecule has 0 saturated heterocycles. The standard InChI is InChI=1S/C17H16N2O2/c1-11-6-8-12(9-7-11)19-17(21)14-10-18-15-5-3-2-4-13(15)16(14)20/h2-6,8-11H,7H2,1H3,(H,18,20)(H,19,21). The van der Waals surface area contributed by atoms with Gasteiger partial charge in [-0.05, 0) is 30.5 Å². The quantitative estimate of drug-likeness (QED) is 0.888. The molecule has 3 rings (SSSR count). The first kappa shape index (κ1) is 13.4. The van der Waals surface area contributed by atoms with Crippen molar-refractivity contribution in [3.05, 3.63) is 70.2 Å². The van der Waals surface area contributed by atoms with Crippen molar-refractivity contribution in [3.63, 3.8) is 0 Å². The van der Waals surface area contributed by atoms with E-state index >= 15 is 0 Å². The van der Waals surface area contributed by atoms with Gasteiger partial charge < -0.3 is 10.3 Å². The van der Waals surface area contributed by atoms with Crippen molar-refractivity contribution in [3.8, 4) is 0 Å². The maximum absolute atomic E-state index is 12.3. The number of carbonyl (C=O) groups is 1. The Balaban J connectivity index is 1.90. The number of pyridine rings is 1. The van der Waals surface area contributed by atoms with E-state index in [0.717, 1.165) is 17.6 Å². The molecule has 0 bridgehead atoms. The van der Waals surface area contributed by atoms with Crippen LogP contribution in [0.3, 0.4) is 0 Å². The molecule has 21 heavy (non-hydrogen) atoms. The van der Waals surface area contributed by atoms with Crippen molar-refractivity contribution in [1.82, 2.24) is 10.3 Å². The maximum Gasteiger partial charge on any atom is 0.261 e. The van der Waals surface area contributed by atoms with Gasteiger partial charge in [-0.15, -0.1) is 0 Å². The number of allylic oxidation sites excluding steroid dienone is 3. The van der Waals surface area contributed by atoms with Crippen LogP contribution in [0.5, 0.6) is 0 Å². The topological polar surface area (TPSA) is 62.0 Å². The predicted molar refractivity (Wildman–Crippen MR) is 83.0 cm³/mol. The van der Waals surface area contributed by atoms with Gasteiger partial charge in [0.15, 0.2) is 0 Å². The number of benzene rings is 1. The smallest absolute Gasteiger partial charge is 0.261 e. The molecule has 4 nitrogen and oxygen atoms in total. The average molecular weight is 280 g/mol. The second kappa shape index (κ2) is 5.40. The van der Waals surface area contributed by atoms with Gasteiger partial charge in [-0.3, -0.25) is 9.59 Å². The molecule has 0 aliphatic heterocycles. The van der Waals surface area contributed by atoms with Crippen molar-refractivity contribution >= 4 is 16.8 Å². The number of para-hydroxylation sites is 1. The molecular weight excluding hydrogens is 264 g/mol. The molecule has 1 heterocycles. The minimum atomic E-state index is -0.382. The summed E-state index contributed by atoms with van der Waals surface area (Å²) in [6.07, 6.45) is 8.25. The maximum atomic E-state index is 12.3. The molecule has 1 aliphatic rings. The molecule has 0 radical (unpaired) electrons. The summed E-state index contributed by atoms with van der Waals surface area (Å²) in [5.41, 5.74) is 1.34. The molecule has 0 spiro atoms. The summed E-state index contributed by atoms with van der Waals surface area (Å²) in [5.74, 6) is 0.0992. The lowest BCUT2D eigenvalue weighted by molar-refractivity contribution is 0.0965. The lowest BCUT2D eigenvalue weighted by atomic mass is 10.0. The first-order valence-corrected chi connectivity index (χ1v) is 6.95. The molecule has 106 valence electrons. The zero-order chi connectivity index (χ0) is 14.8. The SMILES string of the molecule is CC1C=CC(NC(=O)c2c[nH]c3ccccc3c2=O)=CC1. The van der Waals surface area contributed by atoms with E-state index in [1.165, 1.54) is 6.20 Å². The Bertz CT molecular complexity index is 815. The van der Waals surface area contributed by atoms with Gasteiger partial charge in [0, 0.05) is 22.8 Å². The number of H-pyrrole nitrogens is 1. The zero-order valence-corrected chi connectivity index (χ0v) is 11.7. The Morgan fingerprint density at radius 3 is 2.90 bits per heavy atom. The zero-order valence-electron chi connectivity index (χ0n) is 11.7. The lowest BCUT2D eigenvalue weighted by Gasteiger charge is -2.12. The number of hydrogen-bond acceptors (Lipinski definition) is 2. The molecular formula is C17H16N2O2. The lowest BCUT2D eigenvalue weighted by Crippen LogP contribution is -2.28. The third-order valence-corrected chi connectivity index (χ3v) is 3.60. The number of carbonyl (C=O) groups excluding carboxylic acids is 1. The van der Waals surface area contributed by atoms with Crippen molar-refractivity contribution < 1.29 is 4.79 Å². The normalized spacial score (nSPS) is 17.6. The minimum absolute atomic E-state index is 0.127. The Morgan fingerprint density at radius 1 is 1.33 bits per heavy atom.